The zero-order chi connectivity index (χ0) is 13.0. The molecular formula is C14H20ClFN2. The van der Waals surface area contributed by atoms with Gasteiger partial charge in [0.05, 0.1) is 0 Å². The number of piperidine rings is 1. The Bertz CT molecular complexity index is 391. The maximum atomic E-state index is 12.9. The van der Waals surface area contributed by atoms with Crippen LogP contribution >= 0.6 is 11.6 Å². The standard InChI is InChI=1S/C14H20ClFN2/c1-18(10-13-4-2-3-7-17-13)9-11-5-6-12(16)8-14(11)15/h5-6,8,13,17H,2-4,7,9-10H2,1H3. The molecule has 0 amide bonds. The summed E-state index contributed by atoms with van der Waals surface area (Å²) in [6.45, 7) is 2.89. The van der Waals surface area contributed by atoms with E-state index in [9.17, 15) is 4.39 Å². The van der Waals surface area contributed by atoms with Crippen molar-refractivity contribution in [2.24, 2.45) is 0 Å². The minimum absolute atomic E-state index is 0.277. The van der Waals surface area contributed by atoms with E-state index in [2.05, 4.69) is 17.3 Å². The van der Waals surface area contributed by atoms with Crippen LogP contribution in [0.5, 0.6) is 0 Å². The van der Waals surface area contributed by atoms with Crippen molar-refractivity contribution >= 4 is 11.6 Å². The Morgan fingerprint density at radius 1 is 1.44 bits per heavy atom. The predicted molar refractivity (Wildman–Crippen MR) is 73.4 cm³/mol. The molecule has 0 aliphatic carbocycles. The number of halogens is 2. The molecule has 4 heteroatoms. The van der Waals surface area contributed by atoms with Crippen LogP contribution in [0.4, 0.5) is 4.39 Å². The zero-order valence-corrected chi connectivity index (χ0v) is 11.5. The van der Waals surface area contributed by atoms with Gasteiger partial charge in [-0.3, -0.25) is 0 Å². The van der Waals surface area contributed by atoms with E-state index in [4.69, 9.17) is 11.6 Å². The summed E-state index contributed by atoms with van der Waals surface area (Å²) in [5.74, 6) is -0.277. The Morgan fingerprint density at radius 3 is 2.94 bits per heavy atom. The first kappa shape index (κ1) is 13.8. The third kappa shape index (κ3) is 3.94. The lowest BCUT2D eigenvalue weighted by Crippen LogP contribution is -2.42. The van der Waals surface area contributed by atoms with Gasteiger partial charge in [-0.1, -0.05) is 24.1 Å². The minimum Gasteiger partial charge on any atom is -0.313 e. The molecule has 100 valence electrons. The van der Waals surface area contributed by atoms with E-state index in [1.165, 1.54) is 31.4 Å². The quantitative estimate of drug-likeness (QED) is 0.905. The normalized spacial score (nSPS) is 20.3. The average molecular weight is 271 g/mol. The topological polar surface area (TPSA) is 15.3 Å². The predicted octanol–water partition coefficient (Wildman–Crippen LogP) is 3.05. The third-order valence-corrected chi connectivity index (χ3v) is 3.75. The summed E-state index contributed by atoms with van der Waals surface area (Å²) in [7, 11) is 2.08. The van der Waals surface area contributed by atoms with Crippen LogP contribution < -0.4 is 5.32 Å². The molecule has 0 bridgehead atoms. The lowest BCUT2D eigenvalue weighted by Gasteiger charge is -2.28. The number of nitrogens with one attached hydrogen (secondary N) is 1. The Hall–Kier alpha value is -0.640. The molecule has 1 heterocycles. The molecule has 2 rings (SSSR count). The van der Waals surface area contributed by atoms with E-state index in [0.717, 1.165) is 25.2 Å². The first-order valence-electron chi connectivity index (χ1n) is 6.51. The summed E-state index contributed by atoms with van der Waals surface area (Å²) in [5.41, 5.74) is 0.983. The summed E-state index contributed by atoms with van der Waals surface area (Å²) in [4.78, 5) is 2.24. The van der Waals surface area contributed by atoms with Crippen molar-refractivity contribution in [3.8, 4) is 0 Å². The Labute approximate surface area is 113 Å². The summed E-state index contributed by atoms with van der Waals surface area (Å²) in [6, 6.07) is 5.18. The van der Waals surface area contributed by atoms with Crippen LogP contribution in [0.3, 0.4) is 0 Å². The average Bonchev–Trinajstić information content (AvgIpc) is 2.34. The molecule has 1 fully saturated rings. The van der Waals surface area contributed by atoms with Crippen LogP contribution in [0, 0.1) is 5.82 Å². The van der Waals surface area contributed by atoms with Crippen LogP contribution in [-0.4, -0.2) is 31.1 Å². The van der Waals surface area contributed by atoms with E-state index < -0.39 is 0 Å². The third-order valence-electron chi connectivity index (χ3n) is 3.40. The molecule has 0 saturated carbocycles. The summed E-state index contributed by atoms with van der Waals surface area (Å²) >= 11 is 6.03. The van der Waals surface area contributed by atoms with Crippen LogP contribution in [0.25, 0.3) is 0 Å². The molecule has 0 radical (unpaired) electrons. The lowest BCUT2D eigenvalue weighted by molar-refractivity contribution is 0.256. The number of rotatable bonds is 4. The van der Waals surface area contributed by atoms with Crippen molar-refractivity contribution in [3.05, 3.63) is 34.6 Å². The first-order chi connectivity index (χ1) is 8.65. The van der Waals surface area contributed by atoms with Crippen LogP contribution in [-0.2, 0) is 6.54 Å². The summed E-state index contributed by atoms with van der Waals surface area (Å²) in [5, 5.41) is 4.04. The van der Waals surface area contributed by atoms with E-state index in [1.807, 2.05) is 0 Å². The molecule has 18 heavy (non-hydrogen) atoms. The van der Waals surface area contributed by atoms with Gasteiger partial charge in [0.1, 0.15) is 5.82 Å². The second kappa shape index (κ2) is 6.50. The van der Waals surface area contributed by atoms with E-state index in [-0.39, 0.29) is 5.82 Å². The van der Waals surface area contributed by atoms with Crippen LogP contribution in [0.2, 0.25) is 5.02 Å². The van der Waals surface area contributed by atoms with Gasteiger partial charge in [-0.15, -0.1) is 0 Å². The van der Waals surface area contributed by atoms with Crippen molar-refractivity contribution in [2.45, 2.75) is 31.8 Å². The van der Waals surface area contributed by atoms with Crippen molar-refractivity contribution in [1.82, 2.24) is 10.2 Å². The number of hydrogen-bond donors (Lipinski definition) is 1. The molecular weight excluding hydrogens is 251 g/mol. The lowest BCUT2D eigenvalue weighted by atomic mass is 10.0. The highest BCUT2D eigenvalue weighted by Crippen LogP contribution is 2.19. The molecule has 1 N–H and O–H groups in total. The fraction of sp³-hybridized carbons (Fsp3) is 0.571. The minimum atomic E-state index is -0.277. The van der Waals surface area contributed by atoms with Crippen LogP contribution in [0.1, 0.15) is 24.8 Å². The van der Waals surface area contributed by atoms with Gasteiger partial charge in [-0.25, -0.2) is 4.39 Å². The Kier molecular flexibility index (Phi) is 4.98. The molecule has 1 atom stereocenters. The largest absolute Gasteiger partial charge is 0.313 e. The molecule has 1 aromatic carbocycles. The van der Waals surface area contributed by atoms with Crippen molar-refractivity contribution in [1.29, 1.82) is 0 Å². The Balaban J connectivity index is 1.87. The molecule has 1 unspecified atom stereocenters. The molecule has 1 aromatic rings. The van der Waals surface area contributed by atoms with Gasteiger partial charge in [-0.2, -0.15) is 0 Å². The number of benzene rings is 1. The molecule has 0 aromatic heterocycles. The van der Waals surface area contributed by atoms with Crippen molar-refractivity contribution < 1.29 is 4.39 Å². The van der Waals surface area contributed by atoms with Gasteiger partial charge in [-0.05, 0) is 44.1 Å². The highest BCUT2D eigenvalue weighted by atomic mass is 35.5. The first-order valence-corrected chi connectivity index (χ1v) is 6.89. The highest BCUT2D eigenvalue weighted by Gasteiger charge is 2.15. The maximum absolute atomic E-state index is 12.9. The highest BCUT2D eigenvalue weighted by molar-refractivity contribution is 6.31. The van der Waals surface area contributed by atoms with Gasteiger partial charge in [0.15, 0.2) is 0 Å². The van der Waals surface area contributed by atoms with Crippen LogP contribution in [0.15, 0.2) is 18.2 Å². The number of likely N-dealkylation sites (N-methyl/N-ethyl adjacent to an activating group) is 1. The molecule has 1 aliphatic heterocycles. The number of hydrogen-bond acceptors (Lipinski definition) is 2. The Morgan fingerprint density at radius 2 is 2.28 bits per heavy atom. The smallest absolute Gasteiger partial charge is 0.124 e. The number of nitrogens with zero attached hydrogens (tertiary/aromatic N) is 1. The van der Waals surface area contributed by atoms with Gasteiger partial charge in [0, 0.05) is 24.2 Å². The van der Waals surface area contributed by atoms with Crippen molar-refractivity contribution in [3.63, 3.8) is 0 Å². The molecule has 1 saturated heterocycles. The van der Waals surface area contributed by atoms with Gasteiger partial charge in [0.25, 0.3) is 0 Å². The zero-order valence-electron chi connectivity index (χ0n) is 10.8. The van der Waals surface area contributed by atoms with Crippen molar-refractivity contribution in [2.75, 3.05) is 20.1 Å². The molecule has 1 aliphatic rings. The van der Waals surface area contributed by atoms with E-state index in [1.54, 1.807) is 6.07 Å². The maximum Gasteiger partial charge on any atom is 0.124 e. The fourth-order valence-corrected chi connectivity index (χ4v) is 2.69. The van der Waals surface area contributed by atoms with Gasteiger partial charge < -0.3 is 10.2 Å². The SMILES string of the molecule is CN(Cc1ccc(F)cc1Cl)CC1CCCCN1. The van der Waals surface area contributed by atoms with E-state index >= 15 is 0 Å². The van der Waals surface area contributed by atoms with Gasteiger partial charge in [0.2, 0.25) is 0 Å². The van der Waals surface area contributed by atoms with Gasteiger partial charge >= 0.3 is 0 Å². The second-order valence-electron chi connectivity index (χ2n) is 5.08. The summed E-state index contributed by atoms with van der Waals surface area (Å²) < 4.78 is 12.9. The second-order valence-corrected chi connectivity index (χ2v) is 5.49. The fourth-order valence-electron chi connectivity index (χ4n) is 2.46. The molecule has 2 nitrogen and oxygen atoms in total. The monoisotopic (exact) mass is 270 g/mol. The summed E-state index contributed by atoms with van der Waals surface area (Å²) in [6.07, 6.45) is 3.83. The van der Waals surface area contributed by atoms with E-state index in [0.29, 0.717) is 11.1 Å². The molecule has 0 spiro atoms.